The predicted octanol–water partition coefficient (Wildman–Crippen LogP) is 4.61. The van der Waals surface area contributed by atoms with Gasteiger partial charge in [-0.15, -0.1) is 10.2 Å². The van der Waals surface area contributed by atoms with Gasteiger partial charge in [0.1, 0.15) is 16.5 Å². The number of carbonyl (C=O) groups is 2. The Morgan fingerprint density at radius 1 is 1.16 bits per heavy atom. The SMILES string of the molecule is CCCCCCOc1ccc(OC(=O)OC2CCN(C)C(=O)N2c2nnc(C)s2)cc1. The van der Waals surface area contributed by atoms with Crippen LogP contribution in [-0.4, -0.2) is 53.7 Å². The number of urea groups is 1. The molecule has 1 aliphatic rings. The van der Waals surface area contributed by atoms with Crippen LogP contribution in [0.4, 0.5) is 14.7 Å². The molecule has 0 bridgehead atoms. The molecule has 3 rings (SSSR count). The molecule has 1 aromatic heterocycles. The van der Waals surface area contributed by atoms with Gasteiger partial charge in [0.15, 0.2) is 6.23 Å². The van der Waals surface area contributed by atoms with Gasteiger partial charge in [-0.25, -0.2) is 14.5 Å². The van der Waals surface area contributed by atoms with Gasteiger partial charge in [0, 0.05) is 20.0 Å². The number of unbranched alkanes of at least 4 members (excludes halogenated alkanes) is 3. The number of rotatable bonds is 9. The Labute approximate surface area is 185 Å². The lowest BCUT2D eigenvalue weighted by Gasteiger charge is -2.36. The van der Waals surface area contributed by atoms with E-state index in [4.69, 9.17) is 14.2 Å². The molecule has 0 N–H and O–H groups in total. The van der Waals surface area contributed by atoms with Crippen LogP contribution in [0, 0.1) is 6.92 Å². The monoisotopic (exact) mass is 448 g/mol. The van der Waals surface area contributed by atoms with Gasteiger partial charge < -0.3 is 19.1 Å². The zero-order chi connectivity index (χ0) is 22.2. The summed E-state index contributed by atoms with van der Waals surface area (Å²) in [5.41, 5.74) is 0. The highest BCUT2D eigenvalue weighted by Gasteiger charge is 2.37. The van der Waals surface area contributed by atoms with Crippen molar-refractivity contribution in [1.82, 2.24) is 15.1 Å². The number of aryl methyl sites for hydroxylation is 1. The quantitative estimate of drug-likeness (QED) is 0.314. The highest BCUT2D eigenvalue weighted by Crippen LogP contribution is 2.28. The molecule has 10 heteroatoms. The summed E-state index contributed by atoms with van der Waals surface area (Å²) in [6, 6.07) is 6.49. The van der Waals surface area contributed by atoms with Crippen molar-refractivity contribution in [2.45, 2.75) is 52.2 Å². The van der Waals surface area contributed by atoms with E-state index >= 15 is 0 Å². The Morgan fingerprint density at radius 3 is 2.58 bits per heavy atom. The average Bonchev–Trinajstić information content (AvgIpc) is 3.17. The second-order valence-electron chi connectivity index (χ2n) is 7.27. The number of benzene rings is 1. The highest BCUT2D eigenvalue weighted by molar-refractivity contribution is 7.15. The maximum atomic E-state index is 12.6. The second kappa shape index (κ2) is 10.9. The third kappa shape index (κ3) is 6.30. The highest BCUT2D eigenvalue weighted by atomic mass is 32.1. The predicted molar refractivity (Wildman–Crippen MR) is 117 cm³/mol. The molecular weight excluding hydrogens is 420 g/mol. The minimum Gasteiger partial charge on any atom is -0.494 e. The topological polar surface area (TPSA) is 94.1 Å². The molecule has 1 atom stereocenters. The largest absolute Gasteiger partial charge is 0.515 e. The van der Waals surface area contributed by atoms with Crippen LogP contribution in [0.1, 0.15) is 44.0 Å². The van der Waals surface area contributed by atoms with Crippen LogP contribution in [0.25, 0.3) is 0 Å². The minimum absolute atomic E-state index is 0.305. The molecule has 1 aromatic carbocycles. The summed E-state index contributed by atoms with van der Waals surface area (Å²) in [5, 5.41) is 9.06. The Morgan fingerprint density at radius 2 is 1.90 bits per heavy atom. The summed E-state index contributed by atoms with van der Waals surface area (Å²) in [6.07, 6.45) is 3.29. The van der Waals surface area contributed by atoms with Gasteiger partial charge >= 0.3 is 12.2 Å². The van der Waals surface area contributed by atoms with Gasteiger partial charge in [0.2, 0.25) is 5.13 Å². The summed E-state index contributed by atoms with van der Waals surface area (Å²) < 4.78 is 16.4. The smallest absolute Gasteiger partial charge is 0.494 e. The van der Waals surface area contributed by atoms with Crippen molar-refractivity contribution in [1.29, 1.82) is 0 Å². The van der Waals surface area contributed by atoms with Gasteiger partial charge in [-0.05, 0) is 37.6 Å². The van der Waals surface area contributed by atoms with Crippen molar-refractivity contribution in [2.24, 2.45) is 0 Å². The minimum atomic E-state index is -0.887. The lowest BCUT2D eigenvalue weighted by atomic mass is 10.2. The number of hydrogen-bond acceptors (Lipinski definition) is 8. The van der Waals surface area contributed by atoms with E-state index in [9.17, 15) is 9.59 Å². The summed E-state index contributed by atoms with van der Waals surface area (Å²) >= 11 is 1.26. The van der Waals surface area contributed by atoms with Crippen molar-refractivity contribution in [2.75, 3.05) is 25.1 Å². The lowest BCUT2D eigenvalue weighted by molar-refractivity contribution is 0.0434. The first kappa shape index (κ1) is 22.8. The van der Waals surface area contributed by atoms with E-state index in [2.05, 4.69) is 17.1 Å². The van der Waals surface area contributed by atoms with Gasteiger partial charge in [0.25, 0.3) is 0 Å². The van der Waals surface area contributed by atoms with Gasteiger partial charge in [-0.2, -0.15) is 0 Å². The first-order valence-electron chi connectivity index (χ1n) is 10.4. The first-order valence-corrected chi connectivity index (χ1v) is 11.3. The molecule has 2 amide bonds. The summed E-state index contributed by atoms with van der Waals surface area (Å²) in [5.74, 6) is 1.05. The van der Waals surface area contributed by atoms with Crippen LogP contribution in [0.2, 0.25) is 0 Å². The summed E-state index contributed by atoms with van der Waals surface area (Å²) in [6.45, 7) is 5.08. The fraction of sp³-hybridized carbons (Fsp3) is 0.524. The third-order valence-electron chi connectivity index (χ3n) is 4.78. The number of aromatic nitrogens is 2. The summed E-state index contributed by atoms with van der Waals surface area (Å²) in [4.78, 5) is 27.8. The lowest BCUT2D eigenvalue weighted by Crippen LogP contribution is -2.55. The van der Waals surface area contributed by atoms with E-state index in [1.807, 2.05) is 0 Å². The average molecular weight is 449 g/mol. The molecule has 0 radical (unpaired) electrons. The molecule has 0 saturated carbocycles. The van der Waals surface area contributed by atoms with E-state index in [-0.39, 0.29) is 6.03 Å². The van der Waals surface area contributed by atoms with Gasteiger partial charge in [-0.1, -0.05) is 37.5 Å². The molecule has 0 spiro atoms. The standard InChI is InChI=1S/C21H28N4O5S/c1-4-5-6-7-14-28-16-8-10-17(11-9-16)29-21(27)30-18-12-13-24(3)20(26)25(18)19-23-22-15(2)31-19/h8-11,18H,4-7,12-14H2,1-3H3. The molecule has 0 aliphatic carbocycles. The fourth-order valence-electron chi connectivity index (χ4n) is 3.09. The third-order valence-corrected chi connectivity index (χ3v) is 5.62. The molecular formula is C21H28N4O5S. The maximum absolute atomic E-state index is 12.6. The van der Waals surface area contributed by atoms with Crippen LogP contribution in [0.15, 0.2) is 24.3 Å². The van der Waals surface area contributed by atoms with Crippen molar-refractivity contribution in [3.8, 4) is 11.5 Å². The number of hydrogen-bond donors (Lipinski definition) is 0. The van der Waals surface area contributed by atoms with E-state index in [1.165, 1.54) is 29.1 Å². The second-order valence-corrected chi connectivity index (χ2v) is 8.43. The van der Waals surface area contributed by atoms with E-state index in [1.54, 1.807) is 43.1 Å². The van der Waals surface area contributed by atoms with E-state index < -0.39 is 12.4 Å². The number of nitrogens with zero attached hydrogens (tertiary/aromatic N) is 4. The number of carbonyl (C=O) groups excluding carboxylic acids is 2. The van der Waals surface area contributed by atoms with Crippen LogP contribution in [0.3, 0.4) is 0 Å². The van der Waals surface area contributed by atoms with Crippen LogP contribution < -0.4 is 14.4 Å². The Bertz CT molecular complexity index is 873. The normalized spacial score (nSPS) is 16.4. The Kier molecular flexibility index (Phi) is 8.05. The van der Waals surface area contributed by atoms with E-state index in [0.717, 1.165) is 18.6 Å². The molecule has 2 aromatic rings. The van der Waals surface area contributed by atoms with Crippen LogP contribution in [0.5, 0.6) is 11.5 Å². The van der Waals surface area contributed by atoms with Crippen LogP contribution >= 0.6 is 11.3 Å². The van der Waals surface area contributed by atoms with Gasteiger partial charge in [0.05, 0.1) is 6.61 Å². The zero-order valence-electron chi connectivity index (χ0n) is 18.1. The van der Waals surface area contributed by atoms with Crippen molar-refractivity contribution in [3.63, 3.8) is 0 Å². The summed E-state index contributed by atoms with van der Waals surface area (Å²) in [7, 11) is 1.69. The van der Waals surface area contributed by atoms with Gasteiger partial charge in [-0.3, -0.25) is 0 Å². The molecule has 2 heterocycles. The zero-order valence-corrected chi connectivity index (χ0v) is 18.9. The van der Waals surface area contributed by atoms with E-state index in [0.29, 0.717) is 35.5 Å². The Hall–Kier alpha value is -2.88. The molecule has 9 nitrogen and oxygen atoms in total. The Balaban J connectivity index is 1.54. The fourth-order valence-corrected chi connectivity index (χ4v) is 3.81. The molecule has 1 saturated heterocycles. The number of anilines is 1. The number of amides is 2. The number of ether oxygens (including phenoxy) is 3. The molecule has 31 heavy (non-hydrogen) atoms. The maximum Gasteiger partial charge on any atom is 0.515 e. The van der Waals surface area contributed by atoms with Crippen molar-refractivity contribution >= 4 is 28.7 Å². The molecule has 1 unspecified atom stereocenters. The first-order chi connectivity index (χ1) is 15.0. The molecule has 168 valence electrons. The molecule has 1 fully saturated rings. The van der Waals surface area contributed by atoms with Crippen LogP contribution in [-0.2, 0) is 4.74 Å². The molecule has 1 aliphatic heterocycles. The van der Waals surface area contributed by atoms with Crippen molar-refractivity contribution in [3.05, 3.63) is 29.3 Å². The van der Waals surface area contributed by atoms with Crippen molar-refractivity contribution < 1.29 is 23.8 Å².